The van der Waals surface area contributed by atoms with Crippen molar-refractivity contribution in [1.82, 2.24) is 0 Å². The summed E-state index contributed by atoms with van der Waals surface area (Å²) < 4.78 is 0. The van der Waals surface area contributed by atoms with E-state index in [0.717, 1.165) is 0 Å². The van der Waals surface area contributed by atoms with Crippen molar-refractivity contribution in [2.45, 2.75) is 6.92 Å². The summed E-state index contributed by atoms with van der Waals surface area (Å²) in [6, 6.07) is 0. The average Bonchev–Trinajstić information content (AvgIpc) is 1.87. The van der Waals surface area contributed by atoms with Gasteiger partial charge in [0.25, 0.3) is 5.88 Å². The Labute approximate surface area is 41.2 Å². The van der Waals surface area contributed by atoms with Crippen molar-refractivity contribution in [3.8, 4) is 0 Å². The maximum atomic E-state index is 4.42. The lowest BCUT2D eigenvalue weighted by molar-refractivity contribution is -0.165. The minimum Gasteiger partial charge on any atom is -0.272 e. The fraction of sp³-hybridized carbons (Fsp3) is 0.250. The Bertz CT molecular complexity index is 128. The van der Waals surface area contributed by atoms with Gasteiger partial charge in [-0.25, -0.2) is 0 Å². The van der Waals surface area contributed by atoms with Gasteiger partial charge in [-0.1, -0.05) is 0 Å². The normalized spacial score (nSPS) is 17.9. The molecule has 1 heterocycles. The van der Waals surface area contributed by atoms with Crippen LogP contribution in [0.25, 0.3) is 0 Å². The lowest BCUT2D eigenvalue weighted by Gasteiger charge is -1.86. The average molecular weight is 99.1 g/mol. The first kappa shape index (κ1) is 4.18. The van der Waals surface area contributed by atoms with E-state index in [-0.39, 0.29) is 0 Å². The van der Waals surface area contributed by atoms with E-state index >= 15 is 0 Å². The topological polar surface area (TPSA) is 30.8 Å². The van der Waals surface area contributed by atoms with Gasteiger partial charge < -0.3 is 0 Å². The van der Waals surface area contributed by atoms with Crippen LogP contribution in [0.15, 0.2) is 17.5 Å². The highest BCUT2D eigenvalue weighted by atomic mass is 17.2. The lowest BCUT2D eigenvalue weighted by Crippen LogP contribution is -1.86. The fourth-order valence-electron chi connectivity index (χ4n) is 0.321. The molecule has 1 aliphatic rings. The molecule has 0 saturated carbocycles. The third kappa shape index (κ3) is 0.707. The van der Waals surface area contributed by atoms with Crippen molar-refractivity contribution in [3.05, 3.63) is 12.5 Å². The maximum Gasteiger partial charge on any atom is 0.265 e. The van der Waals surface area contributed by atoms with E-state index < -0.39 is 0 Å². The van der Waals surface area contributed by atoms with E-state index in [2.05, 4.69) is 21.3 Å². The summed E-state index contributed by atoms with van der Waals surface area (Å²) in [5, 5.41) is 0. The minimum atomic E-state index is 0.317. The first-order valence-corrected chi connectivity index (χ1v) is 1.88. The Morgan fingerprint density at radius 3 is 2.43 bits per heavy atom. The van der Waals surface area contributed by atoms with E-state index in [0.29, 0.717) is 11.8 Å². The molecule has 0 aromatic rings. The highest BCUT2D eigenvalue weighted by molar-refractivity contribution is 5.74. The molecule has 0 fully saturated rings. The molecule has 0 unspecified atom stereocenters. The van der Waals surface area contributed by atoms with Crippen LogP contribution in [0.5, 0.6) is 0 Å². The van der Waals surface area contributed by atoms with Gasteiger partial charge in [-0.15, -0.1) is 0 Å². The Hall–Kier alpha value is -0.990. The van der Waals surface area contributed by atoms with Crippen molar-refractivity contribution in [1.29, 1.82) is 0 Å². The molecular weight excluding hydrogens is 94.0 g/mol. The molecular formula is C4H5NO2. The van der Waals surface area contributed by atoms with Gasteiger partial charge in [0.05, 0.1) is 0 Å². The van der Waals surface area contributed by atoms with Crippen molar-refractivity contribution in [2.24, 2.45) is 4.99 Å². The summed E-state index contributed by atoms with van der Waals surface area (Å²) >= 11 is 0. The molecule has 1 aliphatic heterocycles. The molecule has 3 nitrogen and oxygen atoms in total. The van der Waals surface area contributed by atoms with Crippen LogP contribution in [-0.4, -0.2) is 5.90 Å². The third-order valence-corrected chi connectivity index (χ3v) is 0.541. The van der Waals surface area contributed by atoms with Crippen LogP contribution in [0.1, 0.15) is 6.92 Å². The van der Waals surface area contributed by atoms with E-state index in [9.17, 15) is 0 Å². The number of nitrogens with zero attached hydrogens (tertiary/aromatic N) is 1. The van der Waals surface area contributed by atoms with Crippen molar-refractivity contribution in [2.75, 3.05) is 0 Å². The van der Waals surface area contributed by atoms with Crippen molar-refractivity contribution < 1.29 is 9.78 Å². The first-order chi connectivity index (χ1) is 3.29. The third-order valence-electron chi connectivity index (χ3n) is 0.541. The summed E-state index contributed by atoms with van der Waals surface area (Å²) in [5.74, 6) is 0.822. The molecule has 0 radical (unpaired) electrons. The van der Waals surface area contributed by atoms with Crippen molar-refractivity contribution >= 4 is 5.90 Å². The van der Waals surface area contributed by atoms with Crippen LogP contribution >= 0.6 is 0 Å². The first-order valence-electron chi connectivity index (χ1n) is 1.88. The van der Waals surface area contributed by atoms with E-state index in [1.807, 2.05) is 0 Å². The molecule has 0 aliphatic carbocycles. The number of aliphatic imine (C=N–C) groups is 1. The minimum absolute atomic E-state index is 0.317. The summed E-state index contributed by atoms with van der Waals surface area (Å²) in [6.07, 6.45) is 0. The molecule has 0 spiro atoms. The predicted octanol–water partition coefficient (Wildman–Crippen LogP) is 0.838. The van der Waals surface area contributed by atoms with Gasteiger partial charge in [-0.3, -0.25) is 9.78 Å². The van der Waals surface area contributed by atoms with Crippen LogP contribution in [-0.2, 0) is 9.78 Å². The molecule has 0 N–H and O–H groups in total. The Balaban J connectivity index is 2.67. The Morgan fingerprint density at radius 2 is 2.29 bits per heavy atom. The fourth-order valence-corrected chi connectivity index (χ4v) is 0.321. The SMILES string of the molecule is C=C1N=C(C)OO1. The molecule has 3 heteroatoms. The van der Waals surface area contributed by atoms with Gasteiger partial charge in [0, 0.05) is 6.92 Å². The van der Waals surface area contributed by atoms with Crippen LogP contribution in [0.3, 0.4) is 0 Å². The summed E-state index contributed by atoms with van der Waals surface area (Å²) in [5.41, 5.74) is 0. The summed E-state index contributed by atoms with van der Waals surface area (Å²) in [6.45, 7) is 5.06. The predicted molar refractivity (Wildman–Crippen MR) is 24.4 cm³/mol. The largest absolute Gasteiger partial charge is 0.272 e. The second-order valence-electron chi connectivity index (χ2n) is 1.19. The van der Waals surface area contributed by atoms with Gasteiger partial charge in [-0.2, -0.15) is 4.99 Å². The highest BCUT2D eigenvalue weighted by Gasteiger charge is 2.05. The monoisotopic (exact) mass is 99.0 g/mol. The van der Waals surface area contributed by atoms with Gasteiger partial charge in [0.15, 0.2) is 0 Å². The molecule has 0 amide bonds. The van der Waals surface area contributed by atoms with Gasteiger partial charge in [0.1, 0.15) is 0 Å². The standard InChI is InChI=1S/C4H5NO2/c1-3-5-4(2)7-6-3/h1H2,2H3. The van der Waals surface area contributed by atoms with Gasteiger partial charge in [-0.05, 0) is 6.58 Å². The molecule has 1 rings (SSSR count). The second-order valence-corrected chi connectivity index (χ2v) is 1.19. The van der Waals surface area contributed by atoms with Crippen LogP contribution in [0, 0.1) is 0 Å². The van der Waals surface area contributed by atoms with E-state index in [1.165, 1.54) is 0 Å². The number of hydrogen-bond donors (Lipinski definition) is 0. The molecule has 0 aromatic carbocycles. The Kier molecular flexibility index (Phi) is 0.749. The van der Waals surface area contributed by atoms with Gasteiger partial charge >= 0.3 is 0 Å². The van der Waals surface area contributed by atoms with Gasteiger partial charge in [0.2, 0.25) is 5.90 Å². The molecule has 0 bridgehead atoms. The lowest BCUT2D eigenvalue weighted by atomic mass is 10.8. The van der Waals surface area contributed by atoms with Crippen molar-refractivity contribution in [3.63, 3.8) is 0 Å². The Morgan fingerprint density at radius 1 is 1.57 bits per heavy atom. The molecule has 0 saturated heterocycles. The van der Waals surface area contributed by atoms with Crippen LogP contribution < -0.4 is 0 Å². The molecule has 0 atom stereocenters. The zero-order valence-corrected chi connectivity index (χ0v) is 3.97. The van der Waals surface area contributed by atoms with Crippen LogP contribution in [0.2, 0.25) is 0 Å². The zero-order valence-electron chi connectivity index (χ0n) is 3.97. The zero-order chi connectivity index (χ0) is 5.28. The second kappa shape index (κ2) is 1.26. The van der Waals surface area contributed by atoms with E-state index in [4.69, 9.17) is 0 Å². The summed E-state index contributed by atoms with van der Waals surface area (Å²) in [7, 11) is 0. The summed E-state index contributed by atoms with van der Waals surface area (Å²) in [4.78, 5) is 12.4. The molecule has 7 heavy (non-hydrogen) atoms. The number of rotatable bonds is 0. The number of hydrogen-bond acceptors (Lipinski definition) is 3. The van der Waals surface area contributed by atoms with E-state index in [1.54, 1.807) is 6.92 Å². The molecule has 0 aromatic heterocycles. The molecule has 38 valence electrons. The quantitative estimate of drug-likeness (QED) is 0.421. The highest BCUT2D eigenvalue weighted by Crippen LogP contribution is 2.05. The smallest absolute Gasteiger partial charge is 0.265 e. The maximum absolute atomic E-state index is 4.42. The van der Waals surface area contributed by atoms with Crippen LogP contribution in [0.4, 0.5) is 0 Å².